The highest BCUT2D eigenvalue weighted by molar-refractivity contribution is 9.10. The van der Waals surface area contributed by atoms with Crippen LogP contribution in [0.1, 0.15) is 44.1 Å². The Morgan fingerprint density at radius 3 is 2.45 bits per heavy atom. The molecule has 1 aliphatic rings. The molecule has 0 spiro atoms. The smallest absolute Gasteiger partial charge is 0.220 e. The quantitative estimate of drug-likeness (QED) is 0.696. The SMILES string of the molecule is CNCCCC(=O)NCC1(c2ccc(Br)cc2)CCCC1.Cl. The van der Waals surface area contributed by atoms with Crippen molar-refractivity contribution in [1.82, 2.24) is 10.6 Å². The largest absolute Gasteiger partial charge is 0.355 e. The number of carbonyl (C=O) groups is 1. The van der Waals surface area contributed by atoms with Crippen LogP contribution in [0.25, 0.3) is 0 Å². The summed E-state index contributed by atoms with van der Waals surface area (Å²) in [5.41, 5.74) is 1.50. The molecule has 1 amide bonds. The van der Waals surface area contributed by atoms with Gasteiger partial charge in [-0.15, -0.1) is 12.4 Å². The predicted octanol–water partition coefficient (Wildman–Crippen LogP) is 3.80. The van der Waals surface area contributed by atoms with E-state index in [0.29, 0.717) is 6.42 Å². The van der Waals surface area contributed by atoms with Gasteiger partial charge in [0, 0.05) is 22.9 Å². The summed E-state index contributed by atoms with van der Waals surface area (Å²) in [6.07, 6.45) is 6.36. The van der Waals surface area contributed by atoms with E-state index in [1.807, 2.05) is 7.05 Å². The Bertz CT molecular complexity index is 458. The van der Waals surface area contributed by atoms with Crippen LogP contribution in [0.15, 0.2) is 28.7 Å². The zero-order chi connectivity index (χ0) is 15.1. The number of benzene rings is 1. The van der Waals surface area contributed by atoms with Gasteiger partial charge in [-0.05, 0) is 50.6 Å². The lowest BCUT2D eigenvalue weighted by Gasteiger charge is -2.30. The van der Waals surface area contributed by atoms with Crippen LogP contribution in [-0.2, 0) is 10.2 Å². The van der Waals surface area contributed by atoms with E-state index >= 15 is 0 Å². The Hall–Kier alpha value is -0.580. The maximum Gasteiger partial charge on any atom is 0.220 e. The van der Waals surface area contributed by atoms with E-state index in [1.165, 1.54) is 31.2 Å². The van der Waals surface area contributed by atoms with Gasteiger partial charge in [-0.1, -0.05) is 40.9 Å². The summed E-state index contributed by atoms with van der Waals surface area (Å²) < 4.78 is 1.11. The number of hydrogen-bond acceptors (Lipinski definition) is 2. The molecule has 0 aromatic heterocycles. The fourth-order valence-electron chi connectivity index (χ4n) is 3.20. The Labute approximate surface area is 148 Å². The highest BCUT2D eigenvalue weighted by atomic mass is 79.9. The van der Waals surface area contributed by atoms with Gasteiger partial charge in [0.05, 0.1) is 0 Å². The highest BCUT2D eigenvalue weighted by Gasteiger charge is 2.35. The van der Waals surface area contributed by atoms with E-state index in [4.69, 9.17) is 0 Å². The minimum atomic E-state index is 0. The number of hydrogen-bond donors (Lipinski definition) is 2. The molecule has 22 heavy (non-hydrogen) atoms. The molecule has 1 saturated carbocycles. The average Bonchev–Trinajstić information content (AvgIpc) is 2.96. The van der Waals surface area contributed by atoms with Crippen LogP contribution in [0.3, 0.4) is 0 Å². The van der Waals surface area contributed by atoms with Gasteiger partial charge in [0.1, 0.15) is 0 Å². The molecule has 124 valence electrons. The number of amides is 1. The fraction of sp³-hybridized carbons (Fsp3) is 0.588. The second-order valence-electron chi connectivity index (χ2n) is 5.98. The van der Waals surface area contributed by atoms with Gasteiger partial charge in [0.25, 0.3) is 0 Å². The van der Waals surface area contributed by atoms with E-state index in [9.17, 15) is 4.79 Å². The van der Waals surface area contributed by atoms with Crippen LogP contribution in [0.4, 0.5) is 0 Å². The second kappa shape index (κ2) is 9.53. The minimum absolute atomic E-state index is 0. The standard InChI is InChI=1S/C17H25BrN2O.ClH/c1-19-12-4-5-16(21)20-13-17(10-2-3-11-17)14-6-8-15(18)9-7-14;/h6-9,19H,2-5,10-13H2,1H3,(H,20,21);1H. The molecule has 0 heterocycles. The summed E-state index contributed by atoms with van der Waals surface area (Å²) >= 11 is 3.49. The summed E-state index contributed by atoms with van der Waals surface area (Å²) in [4.78, 5) is 12.0. The molecule has 2 rings (SSSR count). The molecule has 0 radical (unpaired) electrons. The van der Waals surface area contributed by atoms with E-state index in [2.05, 4.69) is 50.8 Å². The van der Waals surface area contributed by atoms with Gasteiger partial charge in [0.15, 0.2) is 0 Å². The molecule has 0 unspecified atom stereocenters. The van der Waals surface area contributed by atoms with Gasteiger partial charge in [-0.3, -0.25) is 4.79 Å². The maximum absolute atomic E-state index is 12.0. The molecule has 1 aliphatic carbocycles. The van der Waals surface area contributed by atoms with Crippen molar-refractivity contribution >= 4 is 34.2 Å². The molecule has 3 nitrogen and oxygen atoms in total. The molecule has 1 fully saturated rings. The lowest BCUT2D eigenvalue weighted by Crippen LogP contribution is -2.39. The zero-order valence-electron chi connectivity index (χ0n) is 13.2. The third-order valence-corrected chi connectivity index (χ3v) is 5.00. The van der Waals surface area contributed by atoms with Gasteiger partial charge in [-0.25, -0.2) is 0 Å². The number of carbonyl (C=O) groups excluding carboxylic acids is 1. The predicted molar refractivity (Wildman–Crippen MR) is 97.7 cm³/mol. The van der Waals surface area contributed by atoms with Crippen molar-refractivity contribution in [3.63, 3.8) is 0 Å². The topological polar surface area (TPSA) is 41.1 Å². The van der Waals surface area contributed by atoms with Crippen molar-refractivity contribution in [2.75, 3.05) is 20.1 Å². The normalized spacial score (nSPS) is 16.1. The molecule has 0 bridgehead atoms. The minimum Gasteiger partial charge on any atom is -0.355 e. The Balaban J connectivity index is 0.00000242. The molecule has 5 heteroatoms. The molecular formula is C17H26BrClN2O. The van der Waals surface area contributed by atoms with Crippen LogP contribution in [0.2, 0.25) is 0 Å². The van der Waals surface area contributed by atoms with Gasteiger partial charge >= 0.3 is 0 Å². The summed E-state index contributed by atoms with van der Waals surface area (Å²) in [7, 11) is 1.92. The summed E-state index contributed by atoms with van der Waals surface area (Å²) in [6.45, 7) is 1.66. The van der Waals surface area contributed by atoms with Crippen molar-refractivity contribution in [2.24, 2.45) is 0 Å². The fourth-order valence-corrected chi connectivity index (χ4v) is 3.47. The van der Waals surface area contributed by atoms with Crippen LogP contribution in [0, 0.1) is 0 Å². The summed E-state index contributed by atoms with van der Waals surface area (Å²) in [5.74, 6) is 0.175. The summed E-state index contributed by atoms with van der Waals surface area (Å²) in [6, 6.07) is 8.60. The van der Waals surface area contributed by atoms with Crippen molar-refractivity contribution < 1.29 is 4.79 Å². The molecule has 1 aromatic rings. The highest BCUT2D eigenvalue weighted by Crippen LogP contribution is 2.40. The maximum atomic E-state index is 12.0. The lowest BCUT2D eigenvalue weighted by molar-refractivity contribution is -0.121. The first-order valence-electron chi connectivity index (χ1n) is 7.84. The van der Waals surface area contributed by atoms with Gasteiger partial charge < -0.3 is 10.6 Å². The Kier molecular flexibility index (Phi) is 8.44. The third kappa shape index (κ3) is 5.25. The first-order valence-corrected chi connectivity index (χ1v) is 8.63. The Morgan fingerprint density at radius 2 is 1.86 bits per heavy atom. The van der Waals surface area contributed by atoms with E-state index < -0.39 is 0 Å². The number of halogens is 2. The van der Waals surface area contributed by atoms with Gasteiger partial charge in [0.2, 0.25) is 5.91 Å². The molecule has 0 saturated heterocycles. The molecule has 1 aromatic carbocycles. The van der Waals surface area contributed by atoms with Crippen LogP contribution in [0.5, 0.6) is 0 Å². The molecule has 2 N–H and O–H groups in total. The molecule has 0 atom stereocenters. The van der Waals surface area contributed by atoms with Crippen molar-refractivity contribution in [1.29, 1.82) is 0 Å². The van der Waals surface area contributed by atoms with Gasteiger partial charge in [-0.2, -0.15) is 0 Å². The second-order valence-corrected chi connectivity index (χ2v) is 6.89. The lowest BCUT2D eigenvalue weighted by atomic mass is 9.79. The zero-order valence-corrected chi connectivity index (χ0v) is 15.6. The van der Waals surface area contributed by atoms with Crippen molar-refractivity contribution in [3.8, 4) is 0 Å². The van der Waals surface area contributed by atoms with E-state index in [0.717, 1.165) is 24.0 Å². The van der Waals surface area contributed by atoms with E-state index in [1.54, 1.807) is 0 Å². The average molecular weight is 390 g/mol. The Morgan fingerprint density at radius 1 is 1.23 bits per heavy atom. The van der Waals surface area contributed by atoms with Crippen LogP contribution in [-0.4, -0.2) is 26.0 Å². The molecule has 0 aliphatic heterocycles. The van der Waals surface area contributed by atoms with Crippen LogP contribution >= 0.6 is 28.3 Å². The monoisotopic (exact) mass is 388 g/mol. The first-order chi connectivity index (χ1) is 10.2. The van der Waals surface area contributed by atoms with E-state index in [-0.39, 0.29) is 23.7 Å². The molecular weight excluding hydrogens is 364 g/mol. The van der Waals surface area contributed by atoms with Crippen LogP contribution < -0.4 is 10.6 Å². The summed E-state index contributed by atoms with van der Waals surface area (Å²) in [5, 5.41) is 6.23. The first kappa shape index (κ1) is 19.5. The number of nitrogens with one attached hydrogen (secondary N) is 2. The van der Waals surface area contributed by atoms with Crippen molar-refractivity contribution in [3.05, 3.63) is 34.3 Å². The van der Waals surface area contributed by atoms with Crippen molar-refractivity contribution in [2.45, 2.75) is 43.9 Å². The number of rotatable bonds is 7. The third-order valence-electron chi connectivity index (χ3n) is 4.47.